The van der Waals surface area contributed by atoms with Crippen LogP contribution in [0.4, 0.5) is 0 Å². The fourth-order valence-corrected chi connectivity index (χ4v) is 4.56. The van der Waals surface area contributed by atoms with Crippen molar-refractivity contribution in [1.29, 1.82) is 5.26 Å². The Morgan fingerprint density at radius 3 is 2.25 bits per heavy atom. The largest absolute Gasteiger partial charge is 0.387 e. The molecule has 3 nitrogen and oxygen atoms in total. The van der Waals surface area contributed by atoms with Crippen molar-refractivity contribution >= 4 is 0 Å². The number of hydrogen-bond acceptors (Lipinski definition) is 3. The van der Waals surface area contributed by atoms with E-state index in [4.69, 9.17) is 0 Å². The van der Waals surface area contributed by atoms with E-state index >= 15 is 0 Å². The molecule has 20 heavy (non-hydrogen) atoms. The number of β-amino-alcohol motifs (C(OH)–C–C–N with tert-alkyl or cyclic N) is 1. The molecule has 0 aromatic carbocycles. The topological polar surface area (TPSA) is 47.3 Å². The van der Waals surface area contributed by atoms with Gasteiger partial charge in [0.15, 0.2) is 0 Å². The molecule has 0 amide bonds. The van der Waals surface area contributed by atoms with Crippen LogP contribution in [0, 0.1) is 16.7 Å². The molecule has 0 radical (unpaired) electrons. The molecule has 3 aliphatic rings. The van der Waals surface area contributed by atoms with Gasteiger partial charge in [0, 0.05) is 18.6 Å². The molecule has 1 N–H and O–H groups in total. The average molecular weight is 276 g/mol. The molecule has 2 saturated carbocycles. The molecule has 1 saturated heterocycles. The van der Waals surface area contributed by atoms with Gasteiger partial charge in [-0.1, -0.05) is 32.1 Å². The first-order valence-electron chi connectivity index (χ1n) is 8.50. The molecule has 1 aliphatic heterocycles. The zero-order chi connectivity index (χ0) is 14.2. The number of aliphatic hydroxyl groups is 1. The van der Waals surface area contributed by atoms with Crippen LogP contribution >= 0.6 is 0 Å². The minimum Gasteiger partial charge on any atom is -0.387 e. The summed E-state index contributed by atoms with van der Waals surface area (Å²) in [6.45, 7) is 2.96. The Balaban J connectivity index is 1.81. The van der Waals surface area contributed by atoms with Gasteiger partial charge in [-0.2, -0.15) is 5.26 Å². The van der Waals surface area contributed by atoms with Crippen molar-refractivity contribution in [3.63, 3.8) is 0 Å². The van der Waals surface area contributed by atoms with Crippen LogP contribution in [0.15, 0.2) is 0 Å². The number of likely N-dealkylation sites (tertiary alicyclic amines) is 1. The van der Waals surface area contributed by atoms with E-state index in [1.807, 2.05) is 0 Å². The van der Waals surface area contributed by atoms with Crippen molar-refractivity contribution < 1.29 is 5.11 Å². The molecule has 3 fully saturated rings. The van der Waals surface area contributed by atoms with Crippen molar-refractivity contribution in [2.24, 2.45) is 5.41 Å². The maximum Gasteiger partial charge on any atom is 0.0974 e. The Kier molecular flexibility index (Phi) is 3.81. The number of rotatable bonds is 2. The predicted octanol–water partition coefficient (Wildman–Crippen LogP) is 3.23. The van der Waals surface area contributed by atoms with Gasteiger partial charge in [-0.3, -0.25) is 4.90 Å². The first kappa shape index (κ1) is 14.4. The van der Waals surface area contributed by atoms with Crippen molar-refractivity contribution in [1.82, 2.24) is 4.90 Å². The summed E-state index contributed by atoms with van der Waals surface area (Å²) in [5.41, 5.74) is -1.27. The highest BCUT2D eigenvalue weighted by molar-refractivity contribution is 5.17. The van der Waals surface area contributed by atoms with E-state index in [2.05, 4.69) is 17.9 Å². The van der Waals surface area contributed by atoms with Crippen molar-refractivity contribution in [3.05, 3.63) is 0 Å². The second-order valence-electron chi connectivity index (χ2n) is 7.45. The van der Waals surface area contributed by atoms with Crippen molar-refractivity contribution in [2.75, 3.05) is 6.54 Å². The zero-order valence-electron chi connectivity index (χ0n) is 12.8. The zero-order valence-corrected chi connectivity index (χ0v) is 12.8. The fraction of sp³-hybridized carbons (Fsp3) is 0.941. The van der Waals surface area contributed by atoms with Crippen LogP contribution < -0.4 is 0 Å². The first-order chi connectivity index (χ1) is 9.60. The van der Waals surface area contributed by atoms with E-state index in [0.717, 1.165) is 38.6 Å². The van der Waals surface area contributed by atoms with Crippen LogP contribution in [-0.4, -0.2) is 34.2 Å². The Morgan fingerprint density at radius 2 is 1.70 bits per heavy atom. The fourth-order valence-electron chi connectivity index (χ4n) is 4.56. The third-order valence-electron chi connectivity index (χ3n) is 5.97. The Hall–Kier alpha value is -0.590. The maximum absolute atomic E-state index is 11.3. The minimum atomic E-state index is -0.777. The summed E-state index contributed by atoms with van der Waals surface area (Å²) in [6.07, 6.45) is 11.1. The van der Waals surface area contributed by atoms with Crippen LogP contribution in [0.2, 0.25) is 0 Å². The highest BCUT2D eigenvalue weighted by Crippen LogP contribution is 2.50. The number of hydrogen-bond donors (Lipinski definition) is 1. The third kappa shape index (κ3) is 2.38. The van der Waals surface area contributed by atoms with Gasteiger partial charge in [0.2, 0.25) is 0 Å². The Bertz CT molecular complexity index is 390. The quantitative estimate of drug-likeness (QED) is 0.842. The van der Waals surface area contributed by atoms with Gasteiger partial charge in [-0.05, 0) is 39.0 Å². The van der Waals surface area contributed by atoms with Gasteiger partial charge in [-0.15, -0.1) is 0 Å². The summed E-state index contributed by atoms with van der Waals surface area (Å²) in [7, 11) is 0. The minimum absolute atomic E-state index is 0.433. The van der Waals surface area contributed by atoms with Gasteiger partial charge in [0.05, 0.1) is 17.1 Å². The molecule has 112 valence electrons. The van der Waals surface area contributed by atoms with E-state index in [1.54, 1.807) is 0 Å². The number of nitrogens with zero attached hydrogens (tertiary/aromatic N) is 2. The van der Waals surface area contributed by atoms with Crippen LogP contribution in [0.3, 0.4) is 0 Å². The SMILES string of the molecule is CC1CC(O)(C2(C#N)CCCCCCC2)CN1C1CC1. The lowest BCUT2D eigenvalue weighted by Gasteiger charge is -2.41. The van der Waals surface area contributed by atoms with Gasteiger partial charge in [0.25, 0.3) is 0 Å². The normalized spacial score (nSPS) is 39.0. The molecule has 3 heteroatoms. The second-order valence-corrected chi connectivity index (χ2v) is 7.45. The lowest BCUT2D eigenvalue weighted by Crippen LogP contribution is -2.50. The highest BCUT2D eigenvalue weighted by Gasteiger charge is 2.57. The third-order valence-corrected chi connectivity index (χ3v) is 5.97. The molecule has 1 heterocycles. The monoisotopic (exact) mass is 276 g/mol. The van der Waals surface area contributed by atoms with E-state index in [9.17, 15) is 10.4 Å². The van der Waals surface area contributed by atoms with E-state index in [1.165, 1.54) is 32.1 Å². The lowest BCUT2D eigenvalue weighted by molar-refractivity contribution is -0.0588. The number of nitriles is 1. The molecule has 3 rings (SSSR count). The first-order valence-corrected chi connectivity index (χ1v) is 8.50. The summed E-state index contributed by atoms with van der Waals surface area (Å²) in [6, 6.07) is 3.71. The van der Waals surface area contributed by atoms with Crippen LogP contribution in [0.25, 0.3) is 0 Å². The molecule has 0 aromatic heterocycles. The summed E-state index contributed by atoms with van der Waals surface area (Å²) in [5.74, 6) is 0. The van der Waals surface area contributed by atoms with Gasteiger partial charge >= 0.3 is 0 Å². The highest BCUT2D eigenvalue weighted by atomic mass is 16.3. The molecular weight excluding hydrogens is 248 g/mol. The van der Waals surface area contributed by atoms with E-state index < -0.39 is 11.0 Å². The molecule has 2 atom stereocenters. The summed E-state index contributed by atoms with van der Waals surface area (Å²) in [5, 5.41) is 21.2. The molecule has 0 bridgehead atoms. The van der Waals surface area contributed by atoms with Gasteiger partial charge in [0.1, 0.15) is 0 Å². The van der Waals surface area contributed by atoms with Crippen molar-refractivity contribution in [2.45, 2.75) is 88.8 Å². The summed E-state index contributed by atoms with van der Waals surface area (Å²) < 4.78 is 0. The van der Waals surface area contributed by atoms with Gasteiger partial charge in [-0.25, -0.2) is 0 Å². The van der Waals surface area contributed by atoms with E-state index in [-0.39, 0.29) is 0 Å². The van der Waals surface area contributed by atoms with Crippen LogP contribution in [-0.2, 0) is 0 Å². The van der Waals surface area contributed by atoms with Crippen LogP contribution in [0.1, 0.15) is 71.1 Å². The second kappa shape index (κ2) is 5.31. The molecular formula is C17H28N2O. The standard InChI is InChI=1S/C17H28N2O/c1-14-11-17(20,13-19(14)15-7-8-15)16(12-18)9-5-3-2-4-6-10-16/h14-15,20H,2-11,13H2,1H3. The molecule has 0 aromatic rings. The van der Waals surface area contributed by atoms with Gasteiger partial charge < -0.3 is 5.11 Å². The summed E-state index contributed by atoms with van der Waals surface area (Å²) >= 11 is 0. The van der Waals surface area contributed by atoms with Crippen LogP contribution in [0.5, 0.6) is 0 Å². The van der Waals surface area contributed by atoms with Crippen molar-refractivity contribution in [3.8, 4) is 6.07 Å². The smallest absolute Gasteiger partial charge is 0.0974 e. The average Bonchev–Trinajstić information content (AvgIpc) is 3.16. The Labute approximate surface area is 123 Å². The maximum atomic E-state index is 11.3. The Morgan fingerprint density at radius 1 is 1.10 bits per heavy atom. The molecule has 2 aliphatic carbocycles. The molecule has 2 unspecified atom stereocenters. The molecule has 0 spiro atoms. The van der Waals surface area contributed by atoms with E-state index in [0.29, 0.717) is 12.1 Å². The predicted molar refractivity (Wildman–Crippen MR) is 79.1 cm³/mol. The lowest BCUT2D eigenvalue weighted by atomic mass is 9.65. The summed E-state index contributed by atoms with van der Waals surface area (Å²) in [4.78, 5) is 2.47.